The van der Waals surface area contributed by atoms with Crippen molar-refractivity contribution in [1.29, 1.82) is 0 Å². The van der Waals surface area contributed by atoms with Gasteiger partial charge in [-0.15, -0.1) is 0 Å². The molecule has 0 aliphatic heterocycles. The lowest BCUT2D eigenvalue weighted by Crippen LogP contribution is -2.09. The molecule has 20 heavy (non-hydrogen) atoms. The second kappa shape index (κ2) is 5.67. The Labute approximate surface area is 115 Å². The zero-order valence-corrected chi connectivity index (χ0v) is 11.6. The molecule has 0 fully saturated rings. The number of benzene rings is 2. The van der Waals surface area contributed by atoms with E-state index in [1.54, 1.807) is 12.1 Å². The highest BCUT2D eigenvalue weighted by Gasteiger charge is 2.26. The lowest BCUT2D eigenvalue weighted by Gasteiger charge is -2.08. The zero-order chi connectivity index (χ0) is 15.6. The van der Waals surface area contributed by atoms with E-state index in [1.807, 2.05) is 6.79 Å². The van der Waals surface area contributed by atoms with Crippen molar-refractivity contribution >= 4 is 37.8 Å². The molecule has 2 aromatic rings. The van der Waals surface area contributed by atoms with Gasteiger partial charge in [0.25, 0.3) is 20.2 Å². The molecule has 0 aliphatic carbocycles. The maximum absolute atomic E-state index is 11.3. The highest BCUT2D eigenvalue weighted by Crippen LogP contribution is 2.29. The van der Waals surface area contributed by atoms with Crippen molar-refractivity contribution in [2.45, 2.75) is 9.79 Å². The van der Waals surface area contributed by atoms with Crippen LogP contribution >= 0.6 is 0 Å². The van der Waals surface area contributed by atoms with Crippen LogP contribution in [0.1, 0.15) is 0 Å². The number of hydrogen-bond acceptors (Lipinski definition) is 5. The molecule has 0 aromatic heterocycles. The molecule has 0 radical (unpaired) electrons. The Kier molecular flexibility index (Phi) is 4.61. The van der Waals surface area contributed by atoms with Gasteiger partial charge in [-0.25, -0.2) is 0 Å². The number of carbonyl (C=O) groups is 1. The fraction of sp³-hybridized carbons (Fsp3) is 0. The molecule has 2 rings (SSSR count). The summed E-state index contributed by atoms with van der Waals surface area (Å²) in [5.74, 6) is 0. The minimum atomic E-state index is -4.78. The molecular weight excluding hydrogens is 308 g/mol. The summed E-state index contributed by atoms with van der Waals surface area (Å²) in [7, 11) is -9.53. The smallest absolute Gasteiger partial charge is 0.296 e. The molecule has 0 heterocycles. The van der Waals surface area contributed by atoms with Gasteiger partial charge < -0.3 is 4.79 Å². The number of fused-ring (bicyclic) bond motifs is 1. The summed E-state index contributed by atoms with van der Waals surface area (Å²) in [6.45, 7) is 2.00. The van der Waals surface area contributed by atoms with Gasteiger partial charge in [0.05, 0.1) is 0 Å². The summed E-state index contributed by atoms with van der Waals surface area (Å²) in [5.41, 5.74) is 0. The third-order valence-corrected chi connectivity index (χ3v) is 4.36. The molecule has 0 bridgehead atoms. The second-order valence-electron chi connectivity index (χ2n) is 3.56. The molecule has 2 aromatic carbocycles. The monoisotopic (exact) mass is 318 g/mol. The molecule has 9 heteroatoms. The van der Waals surface area contributed by atoms with Crippen LogP contribution in [0, 0.1) is 0 Å². The van der Waals surface area contributed by atoms with Crippen molar-refractivity contribution in [2.75, 3.05) is 0 Å². The quantitative estimate of drug-likeness (QED) is 0.795. The van der Waals surface area contributed by atoms with Crippen molar-refractivity contribution in [3.63, 3.8) is 0 Å². The van der Waals surface area contributed by atoms with E-state index in [-0.39, 0.29) is 5.39 Å². The van der Waals surface area contributed by atoms with Gasteiger partial charge in [-0.2, -0.15) is 16.8 Å². The van der Waals surface area contributed by atoms with Crippen LogP contribution in [0.4, 0.5) is 0 Å². The van der Waals surface area contributed by atoms with E-state index in [9.17, 15) is 16.8 Å². The Morgan fingerprint density at radius 1 is 0.800 bits per heavy atom. The first-order valence-electron chi connectivity index (χ1n) is 4.97. The summed E-state index contributed by atoms with van der Waals surface area (Å²) in [4.78, 5) is 6.34. The average molecular weight is 318 g/mol. The minimum Gasteiger partial charge on any atom is -0.307 e. The number of rotatable bonds is 2. The van der Waals surface area contributed by atoms with E-state index in [1.165, 1.54) is 18.2 Å². The van der Waals surface area contributed by atoms with Crippen LogP contribution in [-0.4, -0.2) is 32.7 Å². The standard InChI is InChI=1S/C10H8O6S2.CH2O/c11-17(12,13)9-6-5-7-3-1-2-4-8(7)10(9)18(14,15)16;1-2/h1-6H,(H,11,12,13)(H,14,15,16);1H2. The molecule has 108 valence electrons. The topological polar surface area (TPSA) is 126 Å². The van der Waals surface area contributed by atoms with Crippen LogP contribution in [0.25, 0.3) is 10.8 Å². The van der Waals surface area contributed by atoms with Gasteiger partial charge in [-0.3, -0.25) is 9.11 Å². The summed E-state index contributed by atoms with van der Waals surface area (Å²) < 4.78 is 63.0. The molecular formula is C11H10O7S2. The van der Waals surface area contributed by atoms with E-state index in [4.69, 9.17) is 13.9 Å². The van der Waals surface area contributed by atoms with Crippen molar-refractivity contribution in [1.82, 2.24) is 0 Å². The van der Waals surface area contributed by atoms with Gasteiger partial charge in [-0.1, -0.05) is 30.3 Å². The van der Waals surface area contributed by atoms with Crippen LogP contribution in [0.3, 0.4) is 0 Å². The van der Waals surface area contributed by atoms with E-state index in [0.29, 0.717) is 5.39 Å². The molecule has 0 unspecified atom stereocenters. The average Bonchev–Trinajstić information content (AvgIpc) is 2.37. The highest BCUT2D eigenvalue weighted by atomic mass is 32.2. The fourth-order valence-electron chi connectivity index (χ4n) is 1.69. The summed E-state index contributed by atoms with van der Waals surface area (Å²) >= 11 is 0. The predicted octanol–water partition coefficient (Wildman–Crippen LogP) is 1.15. The number of carbonyl (C=O) groups excluding carboxylic acids is 1. The summed E-state index contributed by atoms with van der Waals surface area (Å²) in [5, 5.41) is 0.452. The van der Waals surface area contributed by atoms with Gasteiger partial charge in [0.1, 0.15) is 16.6 Å². The van der Waals surface area contributed by atoms with E-state index < -0.39 is 30.0 Å². The van der Waals surface area contributed by atoms with Crippen molar-refractivity contribution < 1.29 is 30.7 Å². The molecule has 0 aliphatic rings. The van der Waals surface area contributed by atoms with Crippen molar-refractivity contribution in [3.05, 3.63) is 36.4 Å². The Balaban J connectivity index is 0.000000956. The van der Waals surface area contributed by atoms with Crippen molar-refractivity contribution in [3.8, 4) is 0 Å². The van der Waals surface area contributed by atoms with Crippen LogP contribution in [0.15, 0.2) is 46.2 Å². The largest absolute Gasteiger partial charge is 0.307 e. The van der Waals surface area contributed by atoms with E-state index >= 15 is 0 Å². The van der Waals surface area contributed by atoms with Gasteiger partial charge in [0.15, 0.2) is 0 Å². The first-order chi connectivity index (χ1) is 9.21. The summed E-state index contributed by atoms with van der Waals surface area (Å²) in [6.07, 6.45) is 0. The van der Waals surface area contributed by atoms with Gasteiger partial charge >= 0.3 is 0 Å². The molecule has 0 spiro atoms. The normalized spacial score (nSPS) is 11.7. The molecule has 0 saturated heterocycles. The third kappa shape index (κ3) is 3.20. The van der Waals surface area contributed by atoms with Crippen LogP contribution < -0.4 is 0 Å². The van der Waals surface area contributed by atoms with Crippen LogP contribution in [0.2, 0.25) is 0 Å². The van der Waals surface area contributed by atoms with Gasteiger partial charge in [0.2, 0.25) is 0 Å². The van der Waals surface area contributed by atoms with Crippen molar-refractivity contribution in [2.24, 2.45) is 0 Å². The highest BCUT2D eigenvalue weighted by molar-refractivity contribution is 7.89. The zero-order valence-electron chi connectivity index (χ0n) is 9.92. The SMILES string of the molecule is C=O.O=S(=O)(O)c1ccc2ccccc2c1S(=O)(=O)O. The molecule has 0 saturated carbocycles. The van der Waals surface area contributed by atoms with E-state index in [2.05, 4.69) is 0 Å². The first-order valence-corrected chi connectivity index (χ1v) is 7.85. The molecule has 0 atom stereocenters. The number of hydrogen-bond donors (Lipinski definition) is 2. The first kappa shape index (κ1) is 16.2. The van der Waals surface area contributed by atoms with Gasteiger partial charge in [-0.05, 0) is 11.5 Å². The van der Waals surface area contributed by atoms with Gasteiger partial charge in [0, 0.05) is 5.39 Å². The maximum Gasteiger partial charge on any atom is 0.296 e. The van der Waals surface area contributed by atoms with Crippen LogP contribution in [-0.2, 0) is 25.0 Å². The fourth-order valence-corrected chi connectivity index (χ4v) is 3.69. The Morgan fingerprint density at radius 2 is 1.35 bits per heavy atom. The Morgan fingerprint density at radius 3 is 1.85 bits per heavy atom. The predicted molar refractivity (Wildman–Crippen MR) is 70.7 cm³/mol. The van der Waals surface area contributed by atoms with E-state index in [0.717, 1.165) is 6.07 Å². The lowest BCUT2D eigenvalue weighted by molar-refractivity contribution is -0.0980. The lowest BCUT2D eigenvalue weighted by atomic mass is 10.1. The maximum atomic E-state index is 11.3. The summed E-state index contributed by atoms with van der Waals surface area (Å²) in [6, 6.07) is 8.28. The molecule has 2 N–H and O–H groups in total. The second-order valence-corrected chi connectivity index (χ2v) is 6.31. The Bertz CT molecular complexity index is 838. The van der Waals surface area contributed by atoms with Crippen LogP contribution in [0.5, 0.6) is 0 Å². The third-order valence-electron chi connectivity index (χ3n) is 2.38. The molecule has 0 amide bonds. The molecule has 7 nitrogen and oxygen atoms in total. The Hall–Kier alpha value is -1.81. The minimum absolute atomic E-state index is 0.0233.